The third kappa shape index (κ3) is 4.55. The Kier molecular flexibility index (Phi) is 5.32. The van der Waals surface area contributed by atoms with Crippen LogP contribution in [0.2, 0.25) is 0 Å². The molecule has 0 N–H and O–H groups in total. The molecule has 0 amide bonds. The van der Waals surface area contributed by atoms with Gasteiger partial charge in [0.15, 0.2) is 0 Å². The lowest BCUT2D eigenvalue weighted by molar-refractivity contribution is -0.384. The first-order valence-electron chi connectivity index (χ1n) is 6.49. The van der Waals surface area contributed by atoms with Crippen molar-refractivity contribution in [1.82, 2.24) is 0 Å². The predicted octanol–water partition coefficient (Wildman–Crippen LogP) is 3.91. The fraction of sp³-hybridized carbons (Fsp3) is 0.0625. The van der Waals surface area contributed by atoms with Crippen molar-refractivity contribution in [2.75, 3.05) is 0 Å². The second-order valence-corrected chi connectivity index (χ2v) is 4.90. The van der Waals surface area contributed by atoms with E-state index in [1.807, 2.05) is 0 Å². The Morgan fingerprint density at radius 1 is 1.13 bits per heavy atom. The zero-order valence-electron chi connectivity index (χ0n) is 11.8. The largest absolute Gasteiger partial charge is 0.450 e. The van der Waals surface area contributed by atoms with Crippen molar-refractivity contribution in [3.05, 3.63) is 81.9 Å². The van der Waals surface area contributed by atoms with E-state index >= 15 is 0 Å². The topological polar surface area (TPSA) is 78.7 Å². The summed E-state index contributed by atoms with van der Waals surface area (Å²) in [7, 11) is 0. The van der Waals surface area contributed by atoms with Crippen LogP contribution in [-0.2, 0) is 4.74 Å². The molecule has 1 atom stereocenters. The number of esters is 1. The Morgan fingerprint density at radius 2 is 1.74 bits per heavy atom. The lowest BCUT2D eigenvalue weighted by atomic mass is 10.2. The van der Waals surface area contributed by atoms with Crippen molar-refractivity contribution in [1.29, 1.82) is 0 Å². The molecule has 2 aromatic rings. The number of ether oxygens (including phenoxy) is 2. The van der Waals surface area contributed by atoms with Gasteiger partial charge in [0, 0.05) is 12.1 Å². The van der Waals surface area contributed by atoms with Crippen LogP contribution >= 0.6 is 11.6 Å². The maximum atomic E-state index is 12.0. The van der Waals surface area contributed by atoms with Gasteiger partial charge in [-0.3, -0.25) is 10.1 Å². The third-order valence-corrected chi connectivity index (χ3v) is 2.95. The summed E-state index contributed by atoms with van der Waals surface area (Å²) in [5.41, 5.74) is 0.252. The SMILES string of the molecule is C=C(Cl)C(OC(=O)c1ccccc1)Oc1ccc([N+](=O)[O-])cc1. The van der Waals surface area contributed by atoms with Gasteiger partial charge >= 0.3 is 5.97 Å². The summed E-state index contributed by atoms with van der Waals surface area (Å²) < 4.78 is 10.6. The van der Waals surface area contributed by atoms with Gasteiger partial charge in [0.25, 0.3) is 12.0 Å². The first kappa shape index (κ1) is 16.5. The van der Waals surface area contributed by atoms with Gasteiger partial charge in [0.05, 0.1) is 15.5 Å². The van der Waals surface area contributed by atoms with Gasteiger partial charge in [-0.15, -0.1) is 0 Å². The number of carbonyl (C=O) groups is 1. The van der Waals surface area contributed by atoms with Crippen LogP contribution in [0.15, 0.2) is 66.2 Å². The van der Waals surface area contributed by atoms with E-state index in [0.717, 1.165) is 0 Å². The highest BCUT2D eigenvalue weighted by Crippen LogP contribution is 2.22. The molecule has 0 heterocycles. The van der Waals surface area contributed by atoms with E-state index in [1.165, 1.54) is 24.3 Å². The molecule has 7 heteroatoms. The molecule has 1 unspecified atom stereocenters. The quantitative estimate of drug-likeness (QED) is 0.346. The van der Waals surface area contributed by atoms with Crippen LogP contribution < -0.4 is 4.74 Å². The molecule has 0 saturated heterocycles. The molecule has 0 aliphatic carbocycles. The molecule has 0 fully saturated rings. The normalized spacial score (nSPS) is 11.3. The van der Waals surface area contributed by atoms with E-state index in [4.69, 9.17) is 21.1 Å². The molecular weight excluding hydrogens is 322 g/mol. The number of nitro benzene ring substituents is 1. The lowest BCUT2D eigenvalue weighted by Crippen LogP contribution is -2.24. The standard InChI is InChI=1S/C16H12ClNO5/c1-11(17)16(23-15(19)12-5-3-2-4-6-12)22-14-9-7-13(8-10-14)18(20)21/h2-10,16H,1H2. The van der Waals surface area contributed by atoms with Gasteiger partial charge < -0.3 is 9.47 Å². The van der Waals surface area contributed by atoms with Gasteiger partial charge in [0.1, 0.15) is 5.75 Å². The highest BCUT2D eigenvalue weighted by Gasteiger charge is 2.20. The highest BCUT2D eigenvalue weighted by atomic mass is 35.5. The van der Waals surface area contributed by atoms with Gasteiger partial charge in [-0.2, -0.15) is 0 Å². The van der Waals surface area contributed by atoms with Crippen LogP contribution in [0.3, 0.4) is 0 Å². The third-order valence-electron chi connectivity index (χ3n) is 2.77. The monoisotopic (exact) mass is 333 g/mol. The summed E-state index contributed by atoms with van der Waals surface area (Å²) in [5, 5.41) is 10.6. The molecule has 0 aromatic heterocycles. The molecule has 2 aromatic carbocycles. The number of nitrogens with zero attached hydrogens (tertiary/aromatic N) is 1. The molecule has 0 aliphatic rings. The van der Waals surface area contributed by atoms with Crippen molar-refractivity contribution < 1.29 is 19.2 Å². The number of non-ortho nitro benzene ring substituents is 1. The second kappa shape index (κ2) is 7.42. The number of halogens is 1. The van der Waals surface area contributed by atoms with Crippen LogP contribution in [0.5, 0.6) is 5.75 Å². The number of rotatable bonds is 6. The van der Waals surface area contributed by atoms with E-state index in [1.54, 1.807) is 30.3 Å². The lowest BCUT2D eigenvalue weighted by Gasteiger charge is -2.18. The van der Waals surface area contributed by atoms with Crippen LogP contribution in [0, 0.1) is 10.1 Å². The molecule has 6 nitrogen and oxygen atoms in total. The van der Waals surface area contributed by atoms with E-state index < -0.39 is 17.2 Å². The zero-order chi connectivity index (χ0) is 16.8. The summed E-state index contributed by atoms with van der Waals surface area (Å²) in [6.45, 7) is 3.50. The molecule has 0 bridgehead atoms. The average molecular weight is 334 g/mol. The maximum absolute atomic E-state index is 12.0. The second-order valence-electron chi connectivity index (χ2n) is 4.42. The Hall–Kier alpha value is -2.86. The predicted molar refractivity (Wildman–Crippen MR) is 84.4 cm³/mol. The Labute approximate surface area is 137 Å². The van der Waals surface area contributed by atoms with Crippen LogP contribution in [0.1, 0.15) is 10.4 Å². The first-order chi connectivity index (χ1) is 11.0. The van der Waals surface area contributed by atoms with E-state index in [-0.39, 0.29) is 16.5 Å². The van der Waals surface area contributed by atoms with Gasteiger partial charge in [0.2, 0.25) is 0 Å². The van der Waals surface area contributed by atoms with Crippen LogP contribution in [0.25, 0.3) is 0 Å². The number of hydrogen-bond acceptors (Lipinski definition) is 5. The zero-order valence-corrected chi connectivity index (χ0v) is 12.6. The Bertz CT molecular complexity index is 715. The van der Waals surface area contributed by atoms with Crippen molar-refractivity contribution in [2.24, 2.45) is 0 Å². The molecule has 0 saturated carbocycles. The van der Waals surface area contributed by atoms with Crippen molar-refractivity contribution in [3.8, 4) is 5.75 Å². The summed E-state index contributed by atoms with van der Waals surface area (Å²) in [6, 6.07) is 13.6. The molecule has 0 spiro atoms. The van der Waals surface area contributed by atoms with Gasteiger partial charge in [-0.05, 0) is 24.3 Å². The summed E-state index contributed by atoms with van der Waals surface area (Å²) in [5.74, 6) is -0.373. The minimum atomic E-state index is -1.22. The molecule has 2 rings (SSSR count). The summed E-state index contributed by atoms with van der Waals surface area (Å²) in [4.78, 5) is 22.1. The average Bonchev–Trinajstić information content (AvgIpc) is 2.55. The number of nitro groups is 1. The van der Waals surface area contributed by atoms with E-state index in [2.05, 4.69) is 6.58 Å². The minimum absolute atomic E-state index is 0.0346. The smallest absolute Gasteiger partial charge is 0.341 e. The molecule has 23 heavy (non-hydrogen) atoms. The van der Waals surface area contributed by atoms with Crippen molar-refractivity contribution in [3.63, 3.8) is 0 Å². The Balaban J connectivity index is 2.08. The van der Waals surface area contributed by atoms with Crippen LogP contribution in [0.4, 0.5) is 5.69 Å². The fourth-order valence-corrected chi connectivity index (χ4v) is 1.75. The molecular formula is C16H12ClNO5. The number of carbonyl (C=O) groups excluding carboxylic acids is 1. The van der Waals surface area contributed by atoms with E-state index in [0.29, 0.717) is 5.56 Å². The summed E-state index contributed by atoms with van der Waals surface area (Å²) >= 11 is 5.80. The van der Waals surface area contributed by atoms with Crippen LogP contribution in [-0.4, -0.2) is 17.2 Å². The maximum Gasteiger partial charge on any atom is 0.341 e. The Morgan fingerprint density at radius 3 is 2.26 bits per heavy atom. The van der Waals surface area contributed by atoms with Crippen molar-refractivity contribution in [2.45, 2.75) is 6.29 Å². The van der Waals surface area contributed by atoms with Crippen molar-refractivity contribution >= 4 is 23.3 Å². The van der Waals surface area contributed by atoms with Gasteiger partial charge in [-0.1, -0.05) is 36.4 Å². The first-order valence-corrected chi connectivity index (χ1v) is 6.86. The summed E-state index contributed by atoms with van der Waals surface area (Å²) in [6.07, 6.45) is -1.22. The number of hydrogen-bond donors (Lipinski definition) is 0. The van der Waals surface area contributed by atoms with Gasteiger partial charge in [-0.25, -0.2) is 4.79 Å². The fourth-order valence-electron chi connectivity index (χ4n) is 1.66. The molecule has 118 valence electrons. The molecule has 0 aliphatic heterocycles. The highest BCUT2D eigenvalue weighted by molar-refractivity contribution is 6.29. The number of benzene rings is 2. The van der Waals surface area contributed by atoms with E-state index in [9.17, 15) is 14.9 Å². The minimum Gasteiger partial charge on any atom is -0.450 e. The molecule has 0 radical (unpaired) electrons.